The molecule has 0 aromatic rings. The van der Waals surface area contributed by atoms with E-state index in [4.69, 9.17) is 16.9 Å². The number of terminal acetylenes is 1. The molecule has 0 aliphatic carbocycles. The van der Waals surface area contributed by atoms with Gasteiger partial charge in [0.25, 0.3) is 0 Å². The maximum atomic E-state index is 5.21. The molecular formula is C8H15NO. The number of nitrogens with two attached hydrogens (primary N) is 1. The van der Waals surface area contributed by atoms with E-state index in [-0.39, 0.29) is 0 Å². The highest BCUT2D eigenvalue weighted by Gasteiger charge is 1.85. The Bertz CT molecular complexity index is 95.9. The van der Waals surface area contributed by atoms with Crippen molar-refractivity contribution in [3.05, 3.63) is 0 Å². The Labute approximate surface area is 62.7 Å². The molecule has 2 heteroatoms. The van der Waals surface area contributed by atoms with E-state index < -0.39 is 0 Å². The van der Waals surface area contributed by atoms with Crippen molar-refractivity contribution < 1.29 is 4.74 Å². The van der Waals surface area contributed by atoms with Crippen molar-refractivity contribution in [2.45, 2.75) is 19.3 Å². The molecule has 0 amide bonds. The van der Waals surface area contributed by atoms with Crippen LogP contribution in [0.25, 0.3) is 0 Å². The second-order valence-electron chi connectivity index (χ2n) is 2.06. The van der Waals surface area contributed by atoms with Crippen molar-refractivity contribution in [1.82, 2.24) is 0 Å². The molecule has 0 heterocycles. The van der Waals surface area contributed by atoms with Crippen LogP contribution in [-0.2, 0) is 4.74 Å². The summed E-state index contributed by atoms with van der Waals surface area (Å²) in [7, 11) is 0. The van der Waals surface area contributed by atoms with Crippen LogP contribution < -0.4 is 5.73 Å². The third kappa shape index (κ3) is 7.48. The van der Waals surface area contributed by atoms with Gasteiger partial charge in [0.1, 0.15) is 0 Å². The summed E-state index contributed by atoms with van der Waals surface area (Å²) in [5.41, 5.74) is 5.21. The van der Waals surface area contributed by atoms with Gasteiger partial charge in [-0.25, -0.2) is 0 Å². The summed E-state index contributed by atoms with van der Waals surface area (Å²) < 4.78 is 5.14. The Morgan fingerprint density at radius 2 is 2.10 bits per heavy atom. The SMILES string of the molecule is C#CCCCCOCCN. The minimum absolute atomic E-state index is 0.606. The zero-order valence-electron chi connectivity index (χ0n) is 6.31. The fraction of sp³-hybridized carbons (Fsp3) is 0.750. The van der Waals surface area contributed by atoms with Crippen LogP contribution in [0.1, 0.15) is 19.3 Å². The molecule has 0 saturated heterocycles. The van der Waals surface area contributed by atoms with E-state index in [0.717, 1.165) is 25.9 Å². The van der Waals surface area contributed by atoms with E-state index in [1.165, 1.54) is 0 Å². The van der Waals surface area contributed by atoms with Crippen LogP contribution >= 0.6 is 0 Å². The molecule has 0 aromatic heterocycles. The Kier molecular flexibility index (Phi) is 8.04. The van der Waals surface area contributed by atoms with Crippen LogP contribution in [0.15, 0.2) is 0 Å². The first-order valence-corrected chi connectivity index (χ1v) is 3.63. The predicted molar refractivity (Wildman–Crippen MR) is 42.6 cm³/mol. The molecular weight excluding hydrogens is 126 g/mol. The predicted octanol–water partition coefficient (Wildman–Crippen LogP) is 0.765. The van der Waals surface area contributed by atoms with Crippen LogP contribution in [0.3, 0.4) is 0 Å². The van der Waals surface area contributed by atoms with Crippen LogP contribution in [0, 0.1) is 12.3 Å². The first-order valence-electron chi connectivity index (χ1n) is 3.63. The van der Waals surface area contributed by atoms with Gasteiger partial charge in [0.2, 0.25) is 0 Å². The molecule has 0 spiro atoms. The quantitative estimate of drug-likeness (QED) is 0.438. The Morgan fingerprint density at radius 1 is 1.30 bits per heavy atom. The van der Waals surface area contributed by atoms with E-state index in [2.05, 4.69) is 5.92 Å². The van der Waals surface area contributed by atoms with Crippen LogP contribution in [0.4, 0.5) is 0 Å². The minimum Gasteiger partial charge on any atom is -0.380 e. The average Bonchev–Trinajstić information content (AvgIpc) is 1.97. The molecule has 0 aromatic carbocycles. The Hall–Kier alpha value is -0.520. The molecule has 0 unspecified atom stereocenters. The number of hydrogen-bond acceptors (Lipinski definition) is 2. The zero-order chi connectivity index (χ0) is 7.66. The topological polar surface area (TPSA) is 35.2 Å². The van der Waals surface area contributed by atoms with Gasteiger partial charge in [-0.15, -0.1) is 12.3 Å². The lowest BCUT2D eigenvalue weighted by Crippen LogP contribution is -2.08. The van der Waals surface area contributed by atoms with Crippen molar-refractivity contribution in [3.63, 3.8) is 0 Å². The number of ether oxygens (including phenoxy) is 1. The maximum absolute atomic E-state index is 5.21. The summed E-state index contributed by atoms with van der Waals surface area (Å²) in [5.74, 6) is 2.58. The lowest BCUT2D eigenvalue weighted by atomic mass is 10.2. The molecule has 0 aliphatic heterocycles. The van der Waals surface area contributed by atoms with Crippen molar-refractivity contribution in [1.29, 1.82) is 0 Å². The molecule has 0 atom stereocenters. The monoisotopic (exact) mass is 141 g/mol. The number of unbranched alkanes of at least 4 members (excludes halogenated alkanes) is 2. The fourth-order valence-corrected chi connectivity index (χ4v) is 0.617. The number of rotatable bonds is 6. The smallest absolute Gasteiger partial charge is 0.0588 e. The normalized spacial score (nSPS) is 9.20. The molecule has 0 rings (SSSR count). The molecule has 0 aliphatic rings. The summed E-state index contributed by atoms with van der Waals surface area (Å²) in [6.07, 6.45) is 8.01. The Balaban J connectivity index is 2.72. The molecule has 2 nitrogen and oxygen atoms in total. The van der Waals surface area contributed by atoms with Crippen molar-refractivity contribution in [2.75, 3.05) is 19.8 Å². The highest BCUT2D eigenvalue weighted by Crippen LogP contribution is 1.93. The number of hydrogen-bond donors (Lipinski definition) is 1. The highest BCUT2D eigenvalue weighted by molar-refractivity contribution is 4.82. The standard InChI is InChI=1S/C8H15NO/c1-2-3-4-5-7-10-8-6-9/h1H,3-9H2. The fourth-order valence-electron chi connectivity index (χ4n) is 0.617. The van der Waals surface area contributed by atoms with Crippen molar-refractivity contribution >= 4 is 0 Å². The second-order valence-corrected chi connectivity index (χ2v) is 2.06. The summed E-state index contributed by atoms with van der Waals surface area (Å²) in [4.78, 5) is 0. The van der Waals surface area contributed by atoms with E-state index in [1.54, 1.807) is 0 Å². The third-order valence-corrected chi connectivity index (χ3v) is 1.12. The third-order valence-electron chi connectivity index (χ3n) is 1.12. The minimum atomic E-state index is 0.606. The maximum Gasteiger partial charge on any atom is 0.0588 e. The van der Waals surface area contributed by atoms with Gasteiger partial charge in [-0.3, -0.25) is 0 Å². The lowest BCUT2D eigenvalue weighted by Gasteiger charge is -1.99. The van der Waals surface area contributed by atoms with Crippen molar-refractivity contribution in [2.24, 2.45) is 5.73 Å². The lowest BCUT2D eigenvalue weighted by molar-refractivity contribution is 0.138. The highest BCUT2D eigenvalue weighted by atomic mass is 16.5. The summed E-state index contributed by atoms with van der Waals surface area (Å²) >= 11 is 0. The molecule has 58 valence electrons. The van der Waals surface area contributed by atoms with Gasteiger partial charge in [0.05, 0.1) is 6.61 Å². The summed E-state index contributed by atoms with van der Waals surface area (Å²) in [6, 6.07) is 0. The van der Waals surface area contributed by atoms with Crippen LogP contribution in [0.5, 0.6) is 0 Å². The van der Waals surface area contributed by atoms with Crippen LogP contribution in [-0.4, -0.2) is 19.8 Å². The van der Waals surface area contributed by atoms with Gasteiger partial charge in [-0.1, -0.05) is 0 Å². The molecule has 0 saturated carbocycles. The van der Waals surface area contributed by atoms with Crippen molar-refractivity contribution in [3.8, 4) is 12.3 Å². The van der Waals surface area contributed by atoms with Crippen LogP contribution in [0.2, 0.25) is 0 Å². The van der Waals surface area contributed by atoms with Gasteiger partial charge in [0.15, 0.2) is 0 Å². The first-order chi connectivity index (χ1) is 4.91. The van der Waals surface area contributed by atoms with Gasteiger partial charge in [0, 0.05) is 19.6 Å². The van der Waals surface area contributed by atoms with Gasteiger partial charge < -0.3 is 10.5 Å². The molecule has 0 radical (unpaired) electrons. The summed E-state index contributed by atoms with van der Waals surface area (Å²) in [6.45, 7) is 2.06. The van der Waals surface area contributed by atoms with Gasteiger partial charge in [-0.05, 0) is 12.8 Å². The summed E-state index contributed by atoms with van der Waals surface area (Å²) in [5, 5.41) is 0. The molecule has 0 bridgehead atoms. The zero-order valence-corrected chi connectivity index (χ0v) is 6.31. The van der Waals surface area contributed by atoms with E-state index in [9.17, 15) is 0 Å². The van der Waals surface area contributed by atoms with E-state index in [0.29, 0.717) is 13.2 Å². The molecule has 0 fully saturated rings. The molecule has 10 heavy (non-hydrogen) atoms. The van der Waals surface area contributed by atoms with Gasteiger partial charge in [-0.2, -0.15) is 0 Å². The first kappa shape index (κ1) is 9.48. The van der Waals surface area contributed by atoms with Gasteiger partial charge >= 0.3 is 0 Å². The Morgan fingerprint density at radius 3 is 2.70 bits per heavy atom. The molecule has 2 N–H and O–H groups in total. The van der Waals surface area contributed by atoms with E-state index >= 15 is 0 Å². The second kappa shape index (κ2) is 8.48. The average molecular weight is 141 g/mol. The van der Waals surface area contributed by atoms with E-state index in [1.807, 2.05) is 0 Å². The largest absolute Gasteiger partial charge is 0.380 e.